The number of hydrogen-bond acceptors (Lipinski definition) is 4. The Morgan fingerprint density at radius 3 is 2.67 bits per heavy atom. The summed E-state index contributed by atoms with van der Waals surface area (Å²) in [6.45, 7) is 5.04. The van der Waals surface area contributed by atoms with E-state index >= 15 is 0 Å². The Kier molecular flexibility index (Phi) is 6.43. The molecular formula is C14H23N3O4. The summed E-state index contributed by atoms with van der Waals surface area (Å²) in [5.74, 6) is -0.774. The van der Waals surface area contributed by atoms with Crippen molar-refractivity contribution in [3.63, 3.8) is 0 Å². The van der Waals surface area contributed by atoms with Crippen LogP contribution >= 0.6 is 0 Å². The zero-order chi connectivity index (χ0) is 16.0. The van der Waals surface area contributed by atoms with Crippen molar-refractivity contribution in [1.82, 2.24) is 9.80 Å². The molecule has 1 fully saturated rings. The van der Waals surface area contributed by atoms with Crippen LogP contribution < -0.4 is 0 Å². The van der Waals surface area contributed by atoms with E-state index in [2.05, 4.69) is 0 Å². The van der Waals surface area contributed by atoms with Gasteiger partial charge < -0.3 is 19.6 Å². The summed E-state index contributed by atoms with van der Waals surface area (Å²) >= 11 is 0. The number of carboxylic acids is 1. The maximum atomic E-state index is 12.6. The quantitative estimate of drug-likeness (QED) is 0.793. The van der Waals surface area contributed by atoms with Gasteiger partial charge in [0, 0.05) is 33.2 Å². The molecule has 0 saturated carbocycles. The molecule has 0 bridgehead atoms. The van der Waals surface area contributed by atoms with Gasteiger partial charge in [0.2, 0.25) is 0 Å². The number of carboxylic acid groups (broad SMARTS) is 1. The van der Waals surface area contributed by atoms with Gasteiger partial charge in [0.05, 0.1) is 18.6 Å². The molecule has 1 rings (SSSR count). The SMILES string of the molecule is COC1CC(C(=O)O)N(C(=O)N(CCC#N)CC(C)C)C1. The van der Waals surface area contributed by atoms with E-state index in [0.29, 0.717) is 19.5 Å². The lowest BCUT2D eigenvalue weighted by molar-refractivity contribution is -0.141. The molecule has 1 N–H and O–H groups in total. The maximum Gasteiger partial charge on any atom is 0.326 e. The summed E-state index contributed by atoms with van der Waals surface area (Å²) in [5.41, 5.74) is 0. The summed E-state index contributed by atoms with van der Waals surface area (Å²) in [5, 5.41) is 18.0. The van der Waals surface area contributed by atoms with E-state index in [1.165, 1.54) is 12.0 Å². The molecule has 2 amide bonds. The fraction of sp³-hybridized carbons (Fsp3) is 0.786. The fourth-order valence-corrected chi connectivity index (χ4v) is 2.49. The zero-order valence-electron chi connectivity index (χ0n) is 12.8. The third-order valence-corrected chi connectivity index (χ3v) is 3.48. The second-order valence-electron chi connectivity index (χ2n) is 5.63. The summed E-state index contributed by atoms with van der Waals surface area (Å²) in [6, 6.07) is 0.828. The molecule has 1 saturated heterocycles. The second-order valence-corrected chi connectivity index (χ2v) is 5.63. The minimum absolute atomic E-state index is 0.234. The van der Waals surface area contributed by atoms with Crippen molar-refractivity contribution >= 4 is 12.0 Å². The lowest BCUT2D eigenvalue weighted by atomic mass is 10.2. The topological polar surface area (TPSA) is 93.9 Å². The molecule has 0 spiro atoms. The number of aliphatic carboxylic acids is 1. The highest BCUT2D eigenvalue weighted by molar-refractivity contribution is 5.83. The van der Waals surface area contributed by atoms with E-state index in [9.17, 15) is 14.7 Å². The number of carbonyl (C=O) groups excluding carboxylic acids is 1. The zero-order valence-corrected chi connectivity index (χ0v) is 12.8. The third kappa shape index (κ3) is 4.60. The first-order chi connectivity index (χ1) is 9.90. The Morgan fingerprint density at radius 1 is 1.52 bits per heavy atom. The Labute approximate surface area is 125 Å². The normalized spacial score (nSPS) is 21.4. The van der Waals surface area contributed by atoms with Crippen molar-refractivity contribution in [3.8, 4) is 6.07 Å². The summed E-state index contributed by atoms with van der Waals surface area (Å²) in [6.07, 6.45) is 0.273. The highest BCUT2D eigenvalue weighted by atomic mass is 16.5. The number of amides is 2. The van der Waals surface area contributed by atoms with Gasteiger partial charge in [-0.2, -0.15) is 5.26 Å². The smallest absolute Gasteiger partial charge is 0.326 e. The van der Waals surface area contributed by atoms with Gasteiger partial charge in [0.15, 0.2) is 0 Å². The number of carbonyl (C=O) groups is 2. The first-order valence-corrected chi connectivity index (χ1v) is 7.08. The predicted molar refractivity (Wildman–Crippen MR) is 75.6 cm³/mol. The van der Waals surface area contributed by atoms with E-state index in [-0.39, 0.29) is 31.0 Å². The Bertz CT molecular complexity index is 419. The molecule has 0 radical (unpaired) electrons. The molecule has 2 unspecified atom stereocenters. The largest absolute Gasteiger partial charge is 0.480 e. The molecule has 0 aromatic heterocycles. The first kappa shape index (κ1) is 17.2. The van der Waals surface area contributed by atoms with Crippen LogP contribution in [0.15, 0.2) is 0 Å². The van der Waals surface area contributed by atoms with E-state index in [0.717, 1.165) is 0 Å². The van der Waals surface area contributed by atoms with Gasteiger partial charge in [0.1, 0.15) is 6.04 Å². The minimum Gasteiger partial charge on any atom is -0.480 e. The molecule has 0 aromatic rings. The van der Waals surface area contributed by atoms with Crippen LogP contribution in [0, 0.1) is 17.2 Å². The summed E-state index contributed by atoms with van der Waals surface area (Å²) in [4.78, 5) is 26.8. The van der Waals surface area contributed by atoms with Crippen LogP contribution in [0.1, 0.15) is 26.7 Å². The fourth-order valence-electron chi connectivity index (χ4n) is 2.49. The molecular weight excluding hydrogens is 274 g/mol. The summed E-state index contributed by atoms with van der Waals surface area (Å²) < 4.78 is 5.19. The first-order valence-electron chi connectivity index (χ1n) is 7.08. The van der Waals surface area contributed by atoms with E-state index in [1.807, 2.05) is 19.9 Å². The third-order valence-electron chi connectivity index (χ3n) is 3.48. The predicted octanol–water partition coefficient (Wildman–Crippen LogP) is 1.15. The van der Waals surface area contributed by atoms with E-state index in [1.54, 1.807) is 4.90 Å². The van der Waals surface area contributed by atoms with Crippen molar-refractivity contribution in [3.05, 3.63) is 0 Å². The van der Waals surface area contributed by atoms with Crippen LogP contribution in [0.5, 0.6) is 0 Å². The van der Waals surface area contributed by atoms with E-state index in [4.69, 9.17) is 10.00 Å². The monoisotopic (exact) mass is 297 g/mol. The van der Waals surface area contributed by atoms with Gasteiger partial charge in [-0.1, -0.05) is 13.8 Å². The molecule has 7 nitrogen and oxygen atoms in total. The Morgan fingerprint density at radius 2 is 2.19 bits per heavy atom. The van der Waals surface area contributed by atoms with Crippen molar-refractivity contribution in [2.75, 3.05) is 26.7 Å². The number of nitriles is 1. The van der Waals surface area contributed by atoms with Crippen LogP contribution in [0.4, 0.5) is 4.79 Å². The lowest BCUT2D eigenvalue weighted by Crippen LogP contribution is -2.49. The number of hydrogen-bond donors (Lipinski definition) is 1. The van der Waals surface area contributed by atoms with Gasteiger partial charge in [0.25, 0.3) is 0 Å². The maximum absolute atomic E-state index is 12.6. The molecule has 1 aliphatic rings. The standard InChI is InChI=1S/C14H23N3O4/c1-10(2)8-16(6-4-5-15)14(20)17-9-11(21-3)7-12(17)13(18)19/h10-12H,4,6-9H2,1-3H3,(H,18,19). The van der Waals surface area contributed by atoms with Crippen LogP contribution in [0.2, 0.25) is 0 Å². The van der Waals surface area contributed by atoms with Crippen molar-refractivity contribution < 1.29 is 19.4 Å². The second kappa shape index (κ2) is 7.84. The van der Waals surface area contributed by atoms with Crippen LogP contribution in [0.3, 0.4) is 0 Å². The molecule has 21 heavy (non-hydrogen) atoms. The highest BCUT2D eigenvalue weighted by Crippen LogP contribution is 2.22. The molecule has 0 aliphatic carbocycles. The molecule has 0 aromatic carbocycles. The number of methoxy groups -OCH3 is 1. The van der Waals surface area contributed by atoms with Gasteiger partial charge in [-0.3, -0.25) is 0 Å². The van der Waals surface area contributed by atoms with Crippen LogP contribution in [0.25, 0.3) is 0 Å². The molecule has 1 heterocycles. The van der Waals surface area contributed by atoms with Gasteiger partial charge >= 0.3 is 12.0 Å². The van der Waals surface area contributed by atoms with Gasteiger partial charge in [-0.05, 0) is 5.92 Å². The molecule has 1 aliphatic heterocycles. The number of urea groups is 1. The molecule has 118 valence electrons. The Hall–Kier alpha value is -1.81. The van der Waals surface area contributed by atoms with Crippen LogP contribution in [-0.2, 0) is 9.53 Å². The molecule has 2 atom stereocenters. The van der Waals surface area contributed by atoms with Crippen molar-refractivity contribution in [2.45, 2.75) is 38.8 Å². The number of rotatable bonds is 6. The number of ether oxygens (including phenoxy) is 1. The number of nitrogens with zero attached hydrogens (tertiary/aromatic N) is 3. The average Bonchev–Trinajstić information content (AvgIpc) is 2.86. The molecule has 7 heteroatoms. The van der Waals surface area contributed by atoms with Crippen molar-refractivity contribution in [1.29, 1.82) is 5.26 Å². The highest BCUT2D eigenvalue weighted by Gasteiger charge is 2.41. The summed E-state index contributed by atoms with van der Waals surface area (Å²) in [7, 11) is 1.51. The van der Waals surface area contributed by atoms with Gasteiger partial charge in [-0.15, -0.1) is 0 Å². The number of likely N-dealkylation sites (tertiary alicyclic amines) is 1. The Balaban J connectivity index is 2.84. The lowest BCUT2D eigenvalue weighted by Gasteiger charge is -2.31. The van der Waals surface area contributed by atoms with Crippen LogP contribution in [-0.4, -0.2) is 65.8 Å². The van der Waals surface area contributed by atoms with Crippen molar-refractivity contribution in [2.24, 2.45) is 5.92 Å². The minimum atomic E-state index is -1.02. The average molecular weight is 297 g/mol. The van der Waals surface area contributed by atoms with Gasteiger partial charge in [-0.25, -0.2) is 9.59 Å². The van der Waals surface area contributed by atoms with E-state index < -0.39 is 12.0 Å².